The maximum atomic E-state index is 11.1. The van der Waals surface area contributed by atoms with Gasteiger partial charge >= 0.3 is 0 Å². The SMILES string of the molecule is CC(=O)N1C[C@H](C)N(C)[C@@H](C)C1. The van der Waals surface area contributed by atoms with Gasteiger partial charge in [0.25, 0.3) is 0 Å². The Balaban J connectivity index is 2.59. The molecule has 0 aromatic carbocycles. The Morgan fingerprint density at radius 2 is 1.67 bits per heavy atom. The molecule has 0 N–H and O–H groups in total. The summed E-state index contributed by atoms with van der Waals surface area (Å²) in [5, 5.41) is 0. The molecule has 0 unspecified atom stereocenters. The second-order valence-corrected chi connectivity index (χ2v) is 3.79. The van der Waals surface area contributed by atoms with E-state index in [4.69, 9.17) is 0 Å². The lowest BCUT2D eigenvalue weighted by atomic mass is 10.1. The Hall–Kier alpha value is -0.570. The van der Waals surface area contributed by atoms with Gasteiger partial charge in [-0.05, 0) is 20.9 Å². The van der Waals surface area contributed by atoms with E-state index < -0.39 is 0 Å². The fourth-order valence-electron chi connectivity index (χ4n) is 1.66. The number of carbonyl (C=O) groups excluding carboxylic acids is 1. The van der Waals surface area contributed by atoms with Crippen molar-refractivity contribution in [2.24, 2.45) is 0 Å². The predicted octanol–water partition coefficient (Wildman–Crippen LogP) is 0.557. The molecule has 0 saturated carbocycles. The van der Waals surface area contributed by atoms with E-state index >= 15 is 0 Å². The zero-order valence-electron chi connectivity index (χ0n) is 8.37. The average molecular weight is 170 g/mol. The lowest BCUT2D eigenvalue weighted by Crippen LogP contribution is -2.55. The first-order valence-corrected chi connectivity index (χ1v) is 4.49. The average Bonchev–Trinajstić information content (AvgIpc) is 1.99. The number of carbonyl (C=O) groups is 1. The molecule has 0 spiro atoms. The standard InChI is InChI=1S/C9H18N2O/c1-7-5-11(9(3)12)6-8(2)10(7)4/h7-8H,5-6H2,1-4H3/t7-,8-/m0/s1. The molecular weight excluding hydrogens is 152 g/mol. The van der Waals surface area contributed by atoms with Crippen LogP contribution < -0.4 is 0 Å². The van der Waals surface area contributed by atoms with E-state index in [0.29, 0.717) is 12.1 Å². The first kappa shape index (κ1) is 9.52. The molecule has 0 aromatic rings. The van der Waals surface area contributed by atoms with Gasteiger partial charge in [0.2, 0.25) is 5.91 Å². The van der Waals surface area contributed by atoms with Crippen LogP contribution in [0.1, 0.15) is 20.8 Å². The van der Waals surface area contributed by atoms with Gasteiger partial charge in [-0.15, -0.1) is 0 Å². The molecule has 0 bridgehead atoms. The van der Waals surface area contributed by atoms with E-state index in [1.807, 2.05) is 4.90 Å². The third-order valence-electron chi connectivity index (χ3n) is 2.81. The molecule has 1 amide bonds. The van der Waals surface area contributed by atoms with E-state index in [0.717, 1.165) is 13.1 Å². The highest BCUT2D eigenvalue weighted by Gasteiger charge is 2.27. The fraction of sp³-hybridized carbons (Fsp3) is 0.889. The van der Waals surface area contributed by atoms with E-state index in [1.165, 1.54) is 0 Å². The zero-order chi connectivity index (χ0) is 9.30. The third-order valence-corrected chi connectivity index (χ3v) is 2.81. The number of rotatable bonds is 0. The van der Waals surface area contributed by atoms with Crippen LogP contribution in [-0.4, -0.2) is 47.9 Å². The van der Waals surface area contributed by atoms with Gasteiger partial charge in [0.1, 0.15) is 0 Å². The Morgan fingerprint density at radius 3 is 2.00 bits per heavy atom. The van der Waals surface area contributed by atoms with Gasteiger partial charge < -0.3 is 4.90 Å². The summed E-state index contributed by atoms with van der Waals surface area (Å²) in [6.45, 7) is 7.70. The Morgan fingerprint density at radius 1 is 1.25 bits per heavy atom. The van der Waals surface area contributed by atoms with Crippen molar-refractivity contribution < 1.29 is 4.79 Å². The summed E-state index contributed by atoms with van der Waals surface area (Å²) in [7, 11) is 2.12. The minimum absolute atomic E-state index is 0.196. The van der Waals surface area contributed by atoms with Crippen LogP contribution in [0.4, 0.5) is 0 Å². The Labute approximate surface area is 74.3 Å². The molecule has 1 rings (SSSR count). The van der Waals surface area contributed by atoms with Gasteiger partial charge in [0.15, 0.2) is 0 Å². The summed E-state index contributed by atoms with van der Waals surface area (Å²) in [5.41, 5.74) is 0. The first-order valence-electron chi connectivity index (χ1n) is 4.49. The van der Waals surface area contributed by atoms with Gasteiger partial charge in [0, 0.05) is 32.1 Å². The molecule has 0 aliphatic carbocycles. The molecule has 1 fully saturated rings. The molecule has 12 heavy (non-hydrogen) atoms. The third kappa shape index (κ3) is 1.78. The number of piperazine rings is 1. The number of amides is 1. The molecule has 3 nitrogen and oxygen atoms in total. The van der Waals surface area contributed by atoms with Crippen LogP contribution in [0.3, 0.4) is 0 Å². The minimum Gasteiger partial charge on any atom is -0.340 e. The van der Waals surface area contributed by atoms with Crippen molar-refractivity contribution in [1.82, 2.24) is 9.80 Å². The van der Waals surface area contributed by atoms with Crippen molar-refractivity contribution in [3.8, 4) is 0 Å². The second kappa shape index (κ2) is 3.44. The van der Waals surface area contributed by atoms with Gasteiger partial charge in [-0.3, -0.25) is 9.69 Å². The highest BCUT2D eigenvalue weighted by Crippen LogP contribution is 2.12. The largest absolute Gasteiger partial charge is 0.340 e. The van der Waals surface area contributed by atoms with E-state index in [1.54, 1.807) is 6.92 Å². The van der Waals surface area contributed by atoms with Crippen LogP contribution in [0, 0.1) is 0 Å². The van der Waals surface area contributed by atoms with Gasteiger partial charge in [-0.1, -0.05) is 0 Å². The predicted molar refractivity (Wildman–Crippen MR) is 48.9 cm³/mol. The lowest BCUT2D eigenvalue weighted by molar-refractivity contribution is -0.132. The highest BCUT2D eigenvalue weighted by atomic mass is 16.2. The minimum atomic E-state index is 0.196. The van der Waals surface area contributed by atoms with E-state index in [-0.39, 0.29) is 5.91 Å². The van der Waals surface area contributed by atoms with Crippen LogP contribution in [0.25, 0.3) is 0 Å². The molecule has 0 radical (unpaired) electrons. The Kier molecular flexibility index (Phi) is 2.73. The summed E-state index contributed by atoms with van der Waals surface area (Å²) >= 11 is 0. The molecule has 2 atom stereocenters. The van der Waals surface area contributed by atoms with Crippen molar-refractivity contribution in [3.63, 3.8) is 0 Å². The van der Waals surface area contributed by atoms with Crippen molar-refractivity contribution in [2.75, 3.05) is 20.1 Å². The maximum Gasteiger partial charge on any atom is 0.219 e. The van der Waals surface area contributed by atoms with Gasteiger partial charge in [-0.25, -0.2) is 0 Å². The molecule has 70 valence electrons. The number of hydrogen-bond donors (Lipinski definition) is 0. The van der Waals surface area contributed by atoms with Gasteiger partial charge in [0.05, 0.1) is 0 Å². The summed E-state index contributed by atoms with van der Waals surface area (Å²) in [6, 6.07) is 0.968. The topological polar surface area (TPSA) is 23.6 Å². The van der Waals surface area contributed by atoms with Gasteiger partial charge in [-0.2, -0.15) is 0 Å². The fourth-order valence-corrected chi connectivity index (χ4v) is 1.66. The van der Waals surface area contributed by atoms with Crippen molar-refractivity contribution in [2.45, 2.75) is 32.9 Å². The maximum absolute atomic E-state index is 11.1. The van der Waals surface area contributed by atoms with Crippen molar-refractivity contribution in [3.05, 3.63) is 0 Å². The summed E-state index contributed by atoms with van der Waals surface area (Å²) in [5.74, 6) is 0.196. The monoisotopic (exact) mass is 170 g/mol. The zero-order valence-corrected chi connectivity index (χ0v) is 8.37. The lowest BCUT2D eigenvalue weighted by Gasteiger charge is -2.42. The van der Waals surface area contributed by atoms with Crippen LogP contribution >= 0.6 is 0 Å². The van der Waals surface area contributed by atoms with Crippen LogP contribution in [0.15, 0.2) is 0 Å². The Bertz CT molecular complexity index is 169. The highest BCUT2D eigenvalue weighted by molar-refractivity contribution is 5.73. The quantitative estimate of drug-likeness (QED) is 0.530. The second-order valence-electron chi connectivity index (χ2n) is 3.79. The van der Waals surface area contributed by atoms with Crippen LogP contribution in [0.5, 0.6) is 0 Å². The molecular formula is C9H18N2O. The molecule has 3 heteroatoms. The number of nitrogens with zero attached hydrogens (tertiary/aromatic N) is 2. The smallest absolute Gasteiger partial charge is 0.219 e. The molecule has 0 aromatic heterocycles. The normalized spacial score (nSPS) is 32.2. The molecule has 1 aliphatic heterocycles. The van der Waals surface area contributed by atoms with Crippen molar-refractivity contribution in [1.29, 1.82) is 0 Å². The molecule has 1 heterocycles. The van der Waals surface area contributed by atoms with Crippen LogP contribution in [0.2, 0.25) is 0 Å². The summed E-state index contributed by atoms with van der Waals surface area (Å²) in [6.07, 6.45) is 0. The summed E-state index contributed by atoms with van der Waals surface area (Å²) < 4.78 is 0. The first-order chi connectivity index (χ1) is 5.52. The number of hydrogen-bond acceptors (Lipinski definition) is 2. The van der Waals surface area contributed by atoms with Crippen molar-refractivity contribution >= 4 is 5.91 Å². The molecule has 1 aliphatic rings. The molecule has 1 saturated heterocycles. The van der Waals surface area contributed by atoms with Crippen LogP contribution in [-0.2, 0) is 4.79 Å². The summed E-state index contributed by atoms with van der Waals surface area (Å²) in [4.78, 5) is 15.3. The van der Waals surface area contributed by atoms with E-state index in [2.05, 4.69) is 25.8 Å². The van der Waals surface area contributed by atoms with E-state index in [9.17, 15) is 4.79 Å². The number of likely N-dealkylation sites (N-methyl/N-ethyl adjacent to an activating group) is 1.